The van der Waals surface area contributed by atoms with E-state index in [1.165, 1.54) is 0 Å². The SMILES string of the molecule is O=C(NCCCOC1CCNCC1)Nc1ccc(Cl)cc1. The third kappa shape index (κ3) is 6.33. The number of nitrogens with one attached hydrogen (secondary N) is 3. The van der Waals surface area contributed by atoms with Crippen molar-refractivity contribution < 1.29 is 9.53 Å². The molecule has 5 nitrogen and oxygen atoms in total. The van der Waals surface area contributed by atoms with Gasteiger partial charge in [0.25, 0.3) is 0 Å². The molecule has 1 saturated heterocycles. The summed E-state index contributed by atoms with van der Waals surface area (Å²) >= 11 is 5.78. The van der Waals surface area contributed by atoms with Gasteiger partial charge in [0.05, 0.1) is 6.10 Å². The van der Waals surface area contributed by atoms with Gasteiger partial charge in [0.2, 0.25) is 0 Å². The maximum Gasteiger partial charge on any atom is 0.319 e. The van der Waals surface area contributed by atoms with Gasteiger partial charge in [-0.3, -0.25) is 0 Å². The van der Waals surface area contributed by atoms with E-state index in [0.29, 0.717) is 24.3 Å². The minimum atomic E-state index is -0.209. The zero-order valence-electron chi connectivity index (χ0n) is 12.0. The smallest absolute Gasteiger partial charge is 0.319 e. The van der Waals surface area contributed by atoms with Gasteiger partial charge in [-0.1, -0.05) is 11.6 Å². The molecule has 0 radical (unpaired) electrons. The molecule has 0 bridgehead atoms. The second kappa shape index (κ2) is 8.87. The molecule has 2 rings (SSSR count). The summed E-state index contributed by atoms with van der Waals surface area (Å²) < 4.78 is 5.77. The molecule has 116 valence electrons. The van der Waals surface area contributed by atoms with Crippen molar-refractivity contribution in [1.29, 1.82) is 0 Å². The average Bonchev–Trinajstić information content (AvgIpc) is 2.50. The standard InChI is InChI=1S/C15H22ClN3O2/c16-12-2-4-13(5-3-12)19-15(20)18-8-1-11-21-14-6-9-17-10-7-14/h2-5,14,17H,1,6-11H2,(H2,18,19,20). The number of hydrogen-bond acceptors (Lipinski definition) is 3. The predicted octanol–water partition coefficient (Wildman–Crippen LogP) is 2.62. The van der Waals surface area contributed by atoms with Crippen LogP contribution in [-0.2, 0) is 4.74 Å². The molecule has 3 N–H and O–H groups in total. The third-order valence-corrected chi connectivity index (χ3v) is 3.60. The molecule has 0 spiro atoms. The predicted molar refractivity (Wildman–Crippen MR) is 84.9 cm³/mol. The first-order chi connectivity index (χ1) is 10.2. The Bertz CT molecular complexity index is 433. The fourth-order valence-corrected chi connectivity index (χ4v) is 2.32. The van der Waals surface area contributed by atoms with E-state index < -0.39 is 0 Å². The molecule has 1 fully saturated rings. The van der Waals surface area contributed by atoms with Crippen LogP contribution in [0.15, 0.2) is 24.3 Å². The number of amides is 2. The van der Waals surface area contributed by atoms with Crippen LogP contribution >= 0.6 is 11.6 Å². The number of carbonyl (C=O) groups excluding carboxylic acids is 1. The summed E-state index contributed by atoms with van der Waals surface area (Å²) in [6.45, 7) is 3.36. The number of ether oxygens (including phenoxy) is 1. The van der Waals surface area contributed by atoms with Crippen LogP contribution in [0.2, 0.25) is 5.02 Å². The minimum absolute atomic E-state index is 0.209. The van der Waals surface area contributed by atoms with Crippen molar-refractivity contribution >= 4 is 23.3 Å². The van der Waals surface area contributed by atoms with Gasteiger partial charge in [-0.05, 0) is 56.6 Å². The first kappa shape index (κ1) is 16.1. The van der Waals surface area contributed by atoms with Gasteiger partial charge in [0, 0.05) is 23.9 Å². The van der Waals surface area contributed by atoms with Gasteiger partial charge in [0.1, 0.15) is 0 Å². The largest absolute Gasteiger partial charge is 0.378 e. The Morgan fingerprint density at radius 3 is 2.71 bits per heavy atom. The molecule has 1 aromatic carbocycles. The van der Waals surface area contributed by atoms with Crippen LogP contribution in [-0.4, -0.2) is 38.4 Å². The van der Waals surface area contributed by atoms with Crippen LogP contribution in [0.3, 0.4) is 0 Å². The maximum absolute atomic E-state index is 11.7. The fraction of sp³-hybridized carbons (Fsp3) is 0.533. The second-order valence-corrected chi connectivity index (χ2v) is 5.50. The van der Waals surface area contributed by atoms with Gasteiger partial charge in [0.15, 0.2) is 0 Å². The number of hydrogen-bond donors (Lipinski definition) is 3. The highest BCUT2D eigenvalue weighted by Crippen LogP contribution is 2.13. The van der Waals surface area contributed by atoms with Crippen LogP contribution in [0.25, 0.3) is 0 Å². The zero-order chi connectivity index (χ0) is 14.9. The van der Waals surface area contributed by atoms with Crippen LogP contribution < -0.4 is 16.0 Å². The van der Waals surface area contributed by atoms with Gasteiger partial charge < -0.3 is 20.7 Å². The Balaban J connectivity index is 1.53. The second-order valence-electron chi connectivity index (χ2n) is 5.06. The lowest BCUT2D eigenvalue weighted by atomic mass is 10.1. The Labute approximate surface area is 130 Å². The molecule has 2 amide bonds. The molecule has 1 heterocycles. The highest BCUT2D eigenvalue weighted by atomic mass is 35.5. The lowest BCUT2D eigenvalue weighted by molar-refractivity contribution is 0.0321. The first-order valence-corrected chi connectivity index (χ1v) is 7.74. The van der Waals surface area contributed by atoms with Crippen LogP contribution in [0.1, 0.15) is 19.3 Å². The van der Waals surface area contributed by atoms with Crippen molar-refractivity contribution in [2.75, 3.05) is 31.6 Å². The molecule has 21 heavy (non-hydrogen) atoms. The number of carbonyl (C=O) groups is 1. The number of urea groups is 1. The van der Waals surface area contributed by atoms with Gasteiger partial charge in [-0.25, -0.2) is 4.79 Å². The molecular weight excluding hydrogens is 290 g/mol. The van der Waals surface area contributed by atoms with Crippen molar-refractivity contribution in [1.82, 2.24) is 10.6 Å². The molecule has 1 aliphatic heterocycles. The average molecular weight is 312 g/mol. The maximum atomic E-state index is 11.7. The minimum Gasteiger partial charge on any atom is -0.378 e. The van der Waals surface area contributed by atoms with Crippen molar-refractivity contribution in [3.05, 3.63) is 29.3 Å². The highest BCUT2D eigenvalue weighted by molar-refractivity contribution is 6.30. The fourth-order valence-electron chi connectivity index (χ4n) is 2.19. The van der Waals surface area contributed by atoms with Gasteiger partial charge in [-0.2, -0.15) is 0 Å². The number of rotatable bonds is 6. The molecule has 1 aliphatic rings. The van der Waals surface area contributed by atoms with E-state index in [1.807, 2.05) is 0 Å². The van der Waals surface area contributed by atoms with Crippen LogP contribution in [0.4, 0.5) is 10.5 Å². The lowest BCUT2D eigenvalue weighted by Crippen LogP contribution is -2.33. The Hall–Kier alpha value is -1.30. The van der Waals surface area contributed by atoms with Gasteiger partial charge >= 0.3 is 6.03 Å². The van der Waals surface area contributed by atoms with Crippen LogP contribution in [0, 0.1) is 0 Å². The van der Waals surface area contributed by atoms with E-state index >= 15 is 0 Å². The van der Waals surface area contributed by atoms with E-state index in [4.69, 9.17) is 16.3 Å². The molecule has 6 heteroatoms. The summed E-state index contributed by atoms with van der Waals surface area (Å²) in [4.78, 5) is 11.7. The van der Waals surface area contributed by atoms with E-state index in [1.54, 1.807) is 24.3 Å². The van der Waals surface area contributed by atoms with Crippen molar-refractivity contribution in [3.8, 4) is 0 Å². The first-order valence-electron chi connectivity index (χ1n) is 7.37. The molecular formula is C15H22ClN3O2. The highest BCUT2D eigenvalue weighted by Gasteiger charge is 2.12. The third-order valence-electron chi connectivity index (χ3n) is 3.35. The summed E-state index contributed by atoms with van der Waals surface area (Å²) in [5.41, 5.74) is 0.725. The monoisotopic (exact) mass is 311 g/mol. The van der Waals surface area contributed by atoms with Crippen LogP contribution in [0.5, 0.6) is 0 Å². The van der Waals surface area contributed by atoms with Gasteiger partial charge in [-0.15, -0.1) is 0 Å². The number of piperidine rings is 1. The molecule has 0 saturated carbocycles. The number of anilines is 1. The molecule has 0 unspecified atom stereocenters. The summed E-state index contributed by atoms with van der Waals surface area (Å²) in [7, 11) is 0. The Morgan fingerprint density at radius 2 is 2.00 bits per heavy atom. The summed E-state index contributed by atoms with van der Waals surface area (Å²) in [5.74, 6) is 0. The number of benzene rings is 1. The summed E-state index contributed by atoms with van der Waals surface area (Å²) in [6.07, 6.45) is 3.33. The molecule has 0 atom stereocenters. The van der Waals surface area contributed by atoms with E-state index in [0.717, 1.165) is 38.0 Å². The molecule has 0 aliphatic carbocycles. The quantitative estimate of drug-likeness (QED) is 0.708. The summed E-state index contributed by atoms with van der Waals surface area (Å²) in [6, 6.07) is 6.80. The molecule has 0 aromatic heterocycles. The normalized spacial score (nSPS) is 15.7. The van der Waals surface area contributed by atoms with Crippen molar-refractivity contribution in [3.63, 3.8) is 0 Å². The zero-order valence-corrected chi connectivity index (χ0v) is 12.8. The topological polar surface area (TPSA) is 62.4 Å². The molecule has 1 aromatic rings. The van der Waals surface area contributed by atoms with E-state index in [9.17, 15) is 4.79 Å². The van der Waals surface area contributed by atoms with Crippen molar-refractivity contribution in [2.45, 2.75) is 25.4 Å². The Morgan fingerprint density at radius 1 is 1.29 bits per heavy atom. The number of halogens is 1. The summed E-state index contributed by atoms with van der Waals surface area (Å²) in [5, 5.41) is 9.51. The Kier molecular flexibility index (Phi) is 6.79. The lowest BCUT2D eigenvalue weighted by Gasteiger charge is -2.22. The van der Waals surface area contributed by atoms with Crippen molar-refractivity contribution in [2.24, 2.45) is 0 Å². The van der Waals surface area contributed by atoms with E-state index in [-0.39, 0.29) is 6.03 Å². The van der Waals surface area contributed by atoms with E-state index in [2.05, 4.69) is 16.0 Å².